The Morgan fingerprint density at radius 1 is 1.00 bits per heavy atom. The van der Waals surface area contributed by atoms with Gasteiger partial charge in [0.25, 0.3) is 0 Å². The van der Waals surface area contributed by atoms with Gasteiger partial charge in [0.1, 0.15) is 5.54 Å². The first-order valence-electron chi connectivity index (χ1n) is 7.42. The molecule has 5 N–H and O–H groups in total. The quantitative estimate of drug-likeness (QED) is 0.577. The molecule has 1 aliphatic rings. The lowest BCUT2D eigenvalue weighted by Gasteiger charge is -2.35. The Morgan fingerprint density at radius 3 is 2.21 bits per heavy atom. The molecule has 0 aliphatic heterocycles. The number of hydrogen-bond acceptors (Lipinski definition) is 3. The lowest BCUT2D eigenvalue weighted by molar-refractivity contribution is -0.133. The maximum Gasteiger partial charge on any atom is 0.243 e. The van der Waals surface area contributed by atoms with E-state index in [9.17, 15) is 9.59 Å². The van der Waals surface area contributed by atoms with Crippen LogP contribution in [0.2, 0.25) is 0 Å². The fourth-order valence-corrected chi connectivity index (χ4v) is 2.70. The number of rotatable bonds is 8. The van der Waals surface area contributed by atoms with Crippen molar-refractivity contribution >= 4 is 11.8 Å². The summed E-state index contributed by atoms with van der Waals surface area (Å²) in [5.41, 5.74) is 10.1. The van der Waals surface area contributed by atoms with Gasteiger partial charge in [0.2, 0.25) is 11.8 Å². The van der Waals surface area contributed by atoms with Crippen LogP contribution in [0.5, 0.6) is 0 Å². The number of nitrogens with one attached hydrogen (secondary N) is 1. The third kappa shape index (κ3) is 5.19. The van der Waals surface area contributed by atoms with Gasteiger partial charge in [0.05, 0.1) is 0 Å². The van der Waals surface area contributed by atoms with Crippen LogP contribution in [0.3, 0.4) is 0 Å². The summed E-state index contributed by atoms with van der Waals surface area (Å²) >= 11 is 0. The zero-order chi connectivity index (χ0) is 14.1. The molecule has 1 rings (SSSR count). The van der Waals surface area contributed by atoms with Crippen molar-refractivity contribution in [2.75, 3.05) is 6.54 Å². The van der Waals surface area contributed by atoms with E-state index in [-0.39, 0.29) is 11.8 Å². The number of nitrogens with two attached hydrogens (primary N) is 2. The van der Waals surface area contributed by atoms with Gasteiger partial charge in [-0.15, -0.1) is 0 Å². The summed E-state index contributed by atoms with van der Waals surface area (Å²) in [5, 5.41) is 2.88. The minimum atomic E-state index is -0.785. The topological polar surface area (TPSA) is 98.2 Å². The molecular formula is C14H27N3O2. The zero-order valence-electron chi connectivity index (χ0n) is 11.7. The second-order valence-electron chi connectivity index (χ2n) is 5.51. The highest BCUT2D eigenvalue weighted by molar-refractivity contribution is 5.90. The van der Waals surface area contributed by atoms with Crippen LogP contribution in [0.1, 0.15) is 64.2 Å². The van der Waals surface area contributed by atoms with Crippen LogP contribution in [-0.4, -0.2) is 23.9 Å². The summed E-state index contributed by atoms with van der Waals surface area (Å²) in [5.74, 6) is -0.433. The van der Waals surface area contributed by atoms with Gasteiger partial charge in [0, 0.05) is 6.42 Å². The summed E-state index contributed by atoms with van der Waals surface area (Å²) in [7, 11) is 0. The number of carbonyl (C=O) groups is 2. The van der Waals surface area contributed by atoms with E-state index in [2.05, 4.69) is 5.32 Å². The molecule has 19 heavy (non-hydrogen) atoms. The number of carbonyl (C=O) groups excluding carboxylic acids is 2. The Labute approximate surface area is 115 Å². The predicted molar refractivity (Wildman–Crippen MR) is 75.3 cm³/mol. The van der Waals surface area contributed by atoms with Crippen LogP contribution in [-0.2, 0) is 9.59 Å². The second kappa shape index (κ2) is 8.15. The number of hydrogen-bond donors (Lipinski definition) is 3. The van der Waals surface area contributed by atoms with E-state index < -0.39 is 5.54 Å². The fraction of sp³-hybridized carbons (Fsp3) is 0.857. The molecular weight excluding hydrogens is 242 g/mol. The molecule has 0 unspecified atom stereocenters. The van der Waals surface area contributed by atoms with Gasteiger partial charge < -0.3 is 16.8 Å². The first kappa shape index (κ1) is 16.0. The molecule has 0 aromatic heterocycles. The van der Waals surface area contributed by atoms with E-state index >= 15 is 0 Å². The lowest BCUT2D eigenvalue weighted by Crippen LogP contribution is -2.58. The van der Waals surface area contributed by atoms with E-state index in [1.807, 2.05) is 0 Å². The van der Waals surface area contributed by atoms with E-state index in [4.69, 9.17) is 11.5 Å². The molecule has 0 atom stereocenters. The number of amides is 2. The minimum absolute atomic E-state index is 0.0477. The second-order valence-corrected chi connectivity index (χ2v) is 5.51. The maximum atomic E-state index is 11.9. The lowest BCUT2D eigenvalue weighted by atomic mass is 9.81. The molecule has 0 aromatic rings. The van der Waals surface area contributed by atoms with Crippen LogP contribution in [0.15, 0.2) is 0 Å². The molecule has 5 nitrogen and oxygen atoms in total. The summed E-state index contributed by atoms with van der Waals surface area (Å²) < 4.78 is 0. The van der Waals surface area contributed by atoms with Crippen LogP contribution in [0.4, 0.5) is 0 Å². The smallest absolute Gasteiger partial charge is 0.243 e. The van der Waals surface area contributed by atoms with Gasteiger partial charge in [0.15, 0.2) is 0 Å². The zero-order valence-corrected chi connectivity index (χ0v) is 11.7. The summed E-state index contributed by atoms with van der Waals surface area (Å²) in [6.45, 7) is 0.705. The summed E-state index contributed by atoms with van der Waals surface area (Å²) in [6.07, 6.45) is 8.79. The van der Waals surface area contributed by atoms with Gasteiger partial charge >= 0.3 is 0 Å². The molecule has 1 fully saturated rings. The Kier molecular flexibility index (Phi) is 6.84. The van der Waals surface area contributed by atoms with Crippen LogP contribution >= 0.6 is 0 Å². The highest BCUT2D eigenvalue weighted by Crippen LogP contribution is 2.28. The summed E-state index contributed by atoms with van der Waals surface area (Å²) in [4.78, 5) is 23.5. The normalized spacial score (nSPS) is 17.9. The van der Waals surface area contributed by atoms with Gasteiger partial charge in [-0.1, -0.05) is 32.1 Å². The Balaban J connectivity index is 2.33. The van der Waals surface area contributed by atoms with E-state index in [1.165, 1.54) is 0 Å². The first-order valence-corrected chi connectivity index (χ1v) is 7.42. The van der Waals surface area contributed by atoms with Gasteiger partial charge in [-0.05, 0) is 32.2 Å². The van der Waals surface area contributed by atoms with E-state index in [1.54, 1.807) is 0 Å². The van der Waals surface area contributed by atoms with Crippen molar-refractivity contribution in [3.8, 4) is 0 Å². The minimum Gasteiger partial charge on any atom is -0.368 e. The van der Waals surface area contributed by atoms with Crippen molar-refractivity contribution in [3.05, 3.63) is 0 Å². The highest BCUT2D eigenvalue weighted by Gasteiger charge is 2.38. The van der Waals surface area contributed by atoms with Crippen molar-refractivity contribution in [3.63, 3.8) is 0 Å². The molecule has 0 spiro atoms. The maximum absolute atomic E-state index is 11.9. The third-order valence-electron chi connectivity index (χ3n) is 3.92. The molecule has 110 valence electrons. The molecule has 1 saturated carbocycles. The molecule has 2 amide bonds. The number of primary amides is 1. The average molecular weight is 269 g/mol. The van der Waals surface area contributed by atoms with Gasteiger partial charge in [-0.3, -0.25) is 9.59 Å². The monoisotopic (exact) mass is 269 g/mol. The van der Waals surface area contributed by atoms with Crippen LogP contribution < -0.4 is 16.8 Å². The standard InChI is InChI=1S/C14H27N3O2/c15-11-7-2-1-4-8-12(18)17-14(13(16)19)9-5-3-6-10-14/h1-11,15H2,(H2,16,19)(H,17,18). The Bertz CT molecular complexity index is 299. The van der Waals surface area contributed by atoms with Crippen molar-refractivity contribution in [1.29, 1.82) is 0 Å². The Hall–Kier alpha value is -1.10. The third-order valence-corrected chi connectivity index (χ3v) is 3.92. The number of unbranched alkanes of at least 4 members (excludes halogenated alkanes) is 3. The van der Waals surface area contributed by atoms with Crippen LogP contribution in [0.25, 0.3) is 0 Å². The molecule has 1 aliphatic carbocycles. The van der Waals surface area contributed by atoms with E-state index in [0.717, 1.165) is 44.9 Å². The largest absolute Gasteiger partial charge is 0.368 e. The molecule has 0 radical (unpaired) electrons. The molecule has 0 aromatic carbocycles. The van der Waals surface area contributed by atoms with Crippen molar-refractivity contribution in [2.45, 2.75) is 69.7 Å². The first-order chi connectivity index (χ1) is 9.10. The summed E-state index contributed by atoms with van der Waals surface area (Å²) in [6, 6.07) is 0. The van der Waals surface area contributed by atoms with E-state index in [0.29, 0.717) is 25.8 Å². The van der Waals surface area contributed by atoms with Crippen molar-refractivity contribution in [1.82, 2.24) is 5.32 Å². The van der Waals surface area contributed by atoms with Crippen molar-refractivity contribution < 1.29 is 9.59 Å². The highest BCUT2D eigenvalue weighted by atomic mass is 16.2. The molecule has 5 heteroatoms. The Morgan fingerprint density at radius 2 is 1.63 bits per heavy atom. The molecule has 0 bridgehead atoms. The fourth-order valence-electron chi connectivity index (χ4n) is 2.70. The molecule has 0 heterocycles. The predicted octanol–water partition coefficient (Wildman–Crippen LogP) is 1.20. The van der Waals surface area contributed by atoms with Gasteiger partial charge in [-0.2, -0.15) is 0 Å². The van der Waals surface area contributed by atoms with Crippen LogP contribution in [0, 0.1) is 0 Å². The SMILES string of the molecule is NCCCCCCC(=O)NC1(C(N)=O)CCCCC1. The molecule has 0 saturated heterocycles. The van der Waals surface area contributed by atoms with Gasteiger partial charge in [-0.25, -0.2) is 0 Å². The average Bonchev–Trinajstić information content (AvgIpc) is 2.39. The van der Waals surface area contributed by atoms with Crippen molar-refractivity contribution in [2.24, 2.45) is 11.5 Å².